The van der Waals surface area contributed by atoms with Crippen LogP contribution in [0.4, 0.5) is 11.4 Å². The second-order valence-electron chi connectivity index (χ2n) is 5.58. The monoisotopic (exact) mass is 335 g/mol. The van der Waals surface area contributed by atoms with Crippen LogP contribution in [0.25, 0.3) is 0 Å². The van der Waals surface area contributed by atoms with Crippen molar-refractivity contribution < 1.29 is 19.2 Å². The van der Waals surface area contributed by atoms with Crippen molar-refractivity contribution in [2.45, 2.75) is 19.8 Å². The number of rotatable bonds is 5. The Morgan fingerprint density at radius 2 is 2.21 bits per heavy atom. The summed E-state index contributed by atoms with van der Waals surface area (Å²) < 4.78 is 5.02. The number of nitrogens with zero attached hydrogens (tertiary/aromatic N) is 2. The molecule has 0 aliphatic carbocycles. The van der Waals surface area contributed by atoms with Gasteiger partial charge in [-0.2, -0.15) is 0 Å². The van der Waals surface area contributed by atoms with Gasteiger partial charge in [-0.05, 0) is 31.9 Å². The maximum absolute atomic E-state index is 12.6. The number of hydrogen-bond donors (Lipinski definition) is 1. The largest absolute Gasteiger partial charge is 0.466 e. The number of ether oxygens (including phenoxy) is 1. The maximum Gasteiger partial charge on any atom is 0.310 e. The molecule has 24 heavy (non-hydrogen) atoms. The fourth-order valence-corrected chi connectivity index (χ4v) is 2.82. The molecule has 8 nitrogen and oxygen atoms in total. The van der Waals surface area contributed by atoms with Crippen LogP contribution in [-0.4, -0.2) is 48.4 Å². The molecule has 130 valence electrons. The first-order valence-corrected chi connectivity index (χ1v) is 7.90. The van der Waals surface area contributed by atoms with E-state index in [-0.39, 0.29) is 35.6 Å². The summed E-state index contributed by atoms with van der Waals surface area (Å²) in [5.41, 5.74) is 0.437. The molecule has 2 rings (SSSR count). The van der Waals surface area contributed by atoms with Gasteiger partial charge in [0.05, 0.1) is 17.4 Å². The van der Waals surface area contributed by atoms with Crippen molar-refractivity contribution in [3.63, 3.8) is 0 Å². The highest BCUT2D eigenvalue weighted by atomic mass is 16.6. The Balaban J connectivity index is 2.17. The van der Waals surface area contributed by atoms with Gasteiger partial charge >= 0.3 is 5.97 Å². The van der Waals surface area contributed by atoms with Crippen LogP contribution in [0.1, 0.15) is 30.1 Å². The molecular weight excluding hydrogens is 314 g/mol. The van der Waals surface area contributed by atoms with E-state index in [1.165, 1.54) is 12.1 Å². The van der Waals surface area contributed by atoms with E-state index in [2.05, 4.69) is 5.32 Å². The quantitative estimate of drug-likeness (QED) is 0.502. The highest BCUT2D eigenvalue weighted by Crippen LogP contribution is 2.27. The third-order valence-electron chi connectivity index (χ3n) is 4.04. The number of benzene rings is 1. The number of esters is 1. The Labute approximate surface area is 139 Å². The number of hydrogen-bond acceptors (Lipinski definition) is 6. The van der Waals surface area contributed by atoms with Crippen molar-refractivity contribution >= 4 is 23.3 Å². The number of nitrogens with one attached hydrogen (secondary N) is 1. The SMILES string of the molecule is CCOC(=O)C1CCCN(C(=O)c2ccc(NC)c([N+](=O)[O-])c2)C1. The van der Waals surface area contributed by atoms with Gasteiger partial charge in [0.15, 0.2) is 0 Å². The highest BCUT2D eigenvalue weighted by molar-refractivity contribution is 5.96. The van der Waals surface area contributed by atoms with Gasteiger partial charge in [-0.1, -0.05) is 0 Å². The fraction of sp³-hybridized carbons (Fsp3) is 0.500. The molecule has 1 N–H and O–H groups in total. The van der Waals surface area contributed by atoms with E-state index in [9.17, 15) is 19.7 Å². The minimum Gasteiger partial charge on any atom is -0.466 e. The number of carbonyl (C=O) groups is 2. The molecule has 1 atom stereocenters. The summed E-state index contributed by atoms with van der Waals surface area (Å²) in [5.74, 6) is -0.949. The van der Waals surface area contributed by atoms with Gasteiger partial charge in [0.25, 0.3) is 11.6 Å². The highest BCUT2D eigenvalue weighted by Gasteiger charge is 2.30. The standard InChI is InChI=1S/C16H21N3O5/c1-3-24-16(21)12-5-4-8-18(10-12)15(20)11-6-7-13(17-2)14(9-11)19(22)23/h6-7,9,12,17H,3-5,8,10H2,1-2H3. The van der Waals surface area contributed by atoms with E-state index >= 15 is 0 Å². The predicted octanol–water partition coefficient (Wildman–Crippen LogP) is 2.05. The minimum atomic E-state index is -0.528. The number of nitro groups is 1. The Bertz CT molecular complexity index is 647. The van der Waals surface area contributed by atoms with Crippen LogP contribution in [0.15, 0.2) is 18.2 Å². The molecule has 1 aromatic carbocycles. The van der Waals surface area contributed by atoms with E-state index in [0.29, 0.717) is 31.7 Å². The lowest BCUT2D eigenvalue weighted by Crippen LogP contribution is -2.42. The number of piperidine rings is 1. The van der Waals surface area contributed by atoms with Crippen molar-refractivity contribution in [1.29, 1.82) is 0 Å². The predicted molar refractivity (Wildman–Crippen MR) is 87.9 cm³/mol. The van der Waals surface area contributed by atoms with Crippen molar-refractivity contribution in [3.8, 4) is 0 Å². The van der Waals surface area contributed by atoms with Gasteiger partial charge in [-0.15, -0.1) is 0 Å². The lowest BCUT2D eigenvalue weighted by molar-refractivity contribution is -0.384. The fourth-order valence-electron chi connectivity index (χ4n) is 2.82. The Morgan fingerprint density at radius 1 is 1.46 bits per heavy atom. The molecule has 1 amide bonds. The van der Waals surface area contributed by atoms with Crippen LogP contribution >= 0.6 is 0 Å². The minimum absolute atomic E-state index is 0.151. The Hall–Kier alpha value is -2.64. The summed E-state index contributed by atoms with van der Waals surface area (Å²) >= 11 is 0. The summed E-state index contributed by atoms with van der Waals surface area (Å²) in [5, 5.41) is 13.9. The van der Waals surface area contributed by atoms with E-state index in [4.69, 9.17) is 4.74 Å². The third kappa shape index (κ3) is 3.81. The third-order valence-corrected chi connectivity index (χ3v) is 4.04. The van der Waals surface area contributed by atoms with Crippen LogP contribution in [0.3, 0.4) is 0 Å². The van der Waals surface area contributed by atoms with E-state index < -0.39 is 4.92 Å². The molecule has 1 aliphatic rings. The first-order valence-electron chi connectivity index (χ1n) is 7.90. The van der Waals surface area contributed by atoms with Crippen LogP contribution in [0.2, 0.25) is 0 Å². The summed E-state index contributed by atoms with van der Waals surface area (Å²) in [6.45, 7) is 2.85. The smallest absolute Gasteiger partial charge is 0.310 e. The van der Waals surface area contributed by atoms with Crippen molar-refractivity contribution in [2.24, 2.45) is 5.92 Å². The summed E-state index contributed by atoms with van der Waals surface area (Å²) in [7, 11) is 1.58. The molecule has 0 radical (unpaired) electrons. The molecule has 1 heterocycles. The number of carbonyl (C=O) groups excluding carboxylic acids is 2. The molecule has 0 bridgehead atoms. The average Bonchev–Trinajstić information content (AvgIpc) is 2.60. The van der Waals surface area contributed by atoms with Gasteiger partial charge in [-0.3, -0.25) is 19.7 Å². The molecule has 0 saturated carbocycles. The summed E-state index contributed by atoms with van der Waals surface area (Å²) in [6.07, 6.45) is 1.38. The molecule has 1 aromatic rings. The molecule has 0 spiro atoms. The maximum atomic E-state index is 12.6. The molecule has 1 aliphatic heterocycles. The van der Waals surface area contributed by atoms with Crippen LogP contribution < -0.4 is 5.32 Å². The molecule has 1 saturated heterocycles. The first-order chi connectivity index (χ1) is 11.5. The number of nitro benzene ring substituents is 1. The number of likely N-dealkylation sites (tertiary alicyclic amines) is 1. The van der Waals surface area contributed by atoms with Gasteiger partial charge in [-0.25, -0.2) is 0 Å². The summed E-state index contributed by atoms with van der Waals surface area (Å²) in [6, 6.07) is 4.33. The molecule has 0 aromatic heterocycles. The molecule has 1 fully saturated rings. The lowest BCUT2D eigenvalue weighted by Gasteiger charge is -2.31. The van der Waals surface area contributed by atoms with Crippen molar-refractivity contribution in [2.75, 3.05) is 32.1 Å². The van der Waals surface area contributed by atoms with Crippen LogP contribution in [0, 0.1) is 16.0 Å². The van der Waals surface area contributed by atoms with Gasteiger partial charge < -0.3 is 15.0 Å². The second kappa shape index (κ2) is 7.76. The number of amides is 1. The lowest BCUT2D eigenvalue weighted by atomic mass is 9.97. The van der Waals surface area contributed by atoms with Crippen LogP contribution in [0.5, 0.6) is 0 Å². The molecular formula is C16H21N3O5. The van der Waals surface area contributed by atoms with E-state index in [1.807, 2.05) is 0 Å². The van der Waals surface area contributed by atoms with Crippen molar-refractivity contribution in [3.05, 3.63) is 33.9 Å². The Kier molecular flexibility index (Phi) is 5.73. The van der Waals surface area contributed by atoms with E-state index in [0.717, 1.165) is 0 Å². The average molecular weight is 335 g/mol. The molecule has 1 unspecified atom stereocenters. The zero-order valence-electron chi connectivity index (χ0n) is 13.8. The summed E-state index contributed by atoms with van der Waals surface area (Å²) in [4.78, 5) is 36.7. The zero-order valence-corrected chi connectivity index (χ0v) is 13.8. The van der Waals surface area contributed by atoms with E-state index in [1.54, 1.807) is 24.9 Å². The normalized spacial score (nSPS) is 17.2. The Morgan fingerprint density at radius 3 is 2.83 bits per heavy atom. The zero-order chi connectivity index (χ0) is 17.7. The van der Waals surface area contributed by atoms with Crippen molar-refractivity contribution in [1.82, 2.24) is 4.90 Å². The second-order valence-corrected chi connectivity index (χ2v) is 5.58. The van der Waals surface area contributed by atoms with Crippen LogP contribution in [-0.2, 0) is 9.53 Å². The van der Waals surface area contributed by atoms with Gasteiger partial charge in [0, 0.05) is 31.8 Å². The first kappa shape index (κ1) is 17.7. The topological polar surface area (TPSA) is 102 Å². The van der Waals surface area contributed by atoms with Gasteiger partial charge in [0.2, 0.25) is 0 Å². The van der Waals surface area contributed by atoms with Gasteiger partial charge in [0.1, 0.15) is 5.69 Å². The number of anilines is 1. The molecule has 8 heteroatoms.